The summed E-state index contributed by atoms with van der Waals surface area (Å²) in [6.45, 7) is 4.24. The molecule has 2 aromatic rings. The first kappa shape index (κ1) is 12.3. The molecule has 0 unspecified atom stereocenters. The minimum atomic E-state index is -0.482. The molecular weight excluding hydrogens is 228 g/mol. The molecular formula is C15H18OS. The molecule has 0 radical (unpaired) electrons. The highest BCUT2D eigenvalue weighted by molar-refractivity contribution is 7.12. The first-order valence-electron chi connectivity index (χ1n) is 6.04. The van der Waals surface area contributed by atoms with Gasteiger partial charge in [0.15, 0.2) is 0 Å². The number of benzene rings is 1. The fourth-order valence-electron chi connectivity index (χ4n) is 1.92. The van der Waals surface area contributed by atoms with E-state index in [2.05, 4.69) is 32.0 Å². The van der Waals surface area contributed by atoms with Crippen LogP contribution >= 0.6 is 11.3 Å². The molecule has 0 saturated heterocycles. The van der Waals surface area contributed by atoms with Gasteiger partial charge in [-0.15, -0.1) is 11.3 Å². The molecule has 0 aliphatic heterocycles. The molecule has 0 amide bonds. The quantitative estimate of drug-likeness (QED) is 0.861. The Morgan fingerprint density at radius 3 is 2.35 bits per heavy atom. The summed E-state index contributed by atoms with van der Waals surface area (Å²) >= 11 is 1.66. The fraction of sp³-hybridized carbons (Fsp3) is 0.333. The molecule has 0 fully saturated rings. The lowest BCUT2D eigenvalue weighted by Crippen LogP contribution is -1.97. The third-order valence-corrected chi connectivity index (χ3v) is 3.92. The molecule has 0 aliphatic carbocycles. The summed E-state index contributed by atoms with van der Waals surface area (Å²) in [5, 5.41) is 10.2. The van der Waals surface area contributed by atoms with Crippen molar-refractivity contribution in [3.05, 3.63) is 57.3 Å². The second-order valence-electron chi connectivity index (χ2n) is 4.34. The number of aliphatic hydroxyl groups is 1. The standard InChI is InChI=1S/C15H18OS/c1-3-4-12-6-8-13(9-7-12)15(16)14-10-5-11(2)17-14/h5-10,15-16H,3-4H2,1-2H3/t15-/m1/s1. The van der Waals surface area contributed by atoms with Gasteiger partial charge >= 0.3 is 0 Å². The molecule has 0 bridgehead atoms. The molecule has 1 nitrogen and oxygen atoms in total. The van der Waals surface area contributed by atoms with E-state index in [-0.39, 0.29) is 0 Å². The minimum Gasteiger partial charge on any atom is -0.383 e. The highest BCUT2D eigenvalue weighted by atomic mass is 32.1. The molecule has 1 aromatic carbocycles. The monoisotopic (exact) mass is 246 g/mol. The van der Waals surface area contributed by atoms with Crippen molar-refractivity contribution in [2.45, 2.75) is 32.8 Å². The lowest BCUT2D eigenvalue weighted by molar-refractivity contribution is 0.224. The Morgan fingerprint density at radius 2 is 1.82 bits per heavy atom. The van der Waals surface area contributed by atoms with Gasteiger partial charge in [0.2, 0.25) is 0 Å². The van der Waals surface area contributed by atoms with E-state index in [4.69, 9.17) is 0 Å². The van der Waals surface area contributed by atoms with Crippen LogP contribution in [0.1, 0.15) is 40.3 Å². The average Bonchev–Trinajstić information content (AvgIpc) is 2.76. The minimum absolute atomic E-state index is 0.482. The van der Waals surface area contributed by atoms with Crippen LogP contribution in [0.15, 0.2) is 36.4 Å². The van der Waals surface area contributed by atoms with Crippen LogP contribution in [0.2, 0.25) is 0 Å². The van der Waals surface area contributed by atoms with Gasteiger partial charge in [-0.25, -0.2) is 0 Å². The van der Waals surface area contributed by atoms with Crippen LogP contribution in [0.4, 0.5) is 0 Å². The zero-order chi connectivity index (χ0) is 12.3. The molecule has 1 heterocycles. The third-order valence-electron chi connectivity index (χ3n) is 2.86. The second kappa shape index (κ2) is 5.48. The highest BCUT2D eigenvalue weighted by Crippen LogP contribution is 2.28. The summed E-state index contributed by atoms with van der Waals surface area (Å²) in [4.78, 5) is 2.26. The van der Waals surface area contributed by atoms with Crippen molar-refractivity contribution in [3.63, 3.8) is 0 Å². The lowest BCUT2D eigenvalue weighted by atomic mass is 10.0. The van der Waals surface area contributed by atoms with Gasteiger partial charge in [-0.05, 0) is 36.6 Å². The molecule has 17 heavy (non-hydrogen) atoms. The Balaban J connectivity index is 2.16. The maximum absolute atomic E-state index is 10.2. The van der Waals surface area contributed by atoms with Gasteiger partial charge in [0.25, 0.3) is 0 Å². The molecule has 0 aliphatic rings. The Bertz CT molecular complexity index is 470. The molecule has 1 N–H and O–H groups in total. The van der Waals surface area contributed by atoms with Crippen molar-refractivity contribution >= 4 is 11.3 Å². The van der Waals surface area contributed by atoms with Gasteiger partial charge < -0.3 is 5.11 Å². The Labute approximate surface area is 107 Å². The first-order valence-corrected chi connectivity index (χ1v) is 6.85. The van der Waals surface area contributed by atoms with Gasteiger partial charge in [-0.1, -0.05) is 37.6 Å². The van der Waals surface area contributed by atoms with Crippen molar-refractivity contribution in [1.29, 1.82) is 0 Å². The van der Waals surface area contributed by atoms with Crippen LogP contribution in [0.3, 0.4) is 0 Å². The van der Waals surface area contributed by atoms with Gasteiger partial charge in [0.05, 0.1) is 0 Å². The predicted molar refractivity (Wildman–Crippen MR) is 73.6 cm³/mol. The van der Waals surface area contributed by atoms with E-state index in [0.29, 0.717) is 0 Å². The number of thiophene rings is 1. The van der Waals surface area contributed by atoms with E-state index < -0.39 is 6.10 Å². The maximum Gasteiger partial charge on any atom is 0.113 e. The van der Waals surface area contributed by atoms with E-state index in [1.54, 1.807) is 11.3 Å². The largest absolute Gasteiger partial charge is 0.383 e. The summed E-state index contributed by atoms with van der Waals surface area (Å²) in [6.07, 6.45) is 1.78. The second-order valence-corrected chi connectivity index (χ2v) is 5.66. The van der Waals surface area contributed by atoms with Crippen molar-refractivity contribution < 1.29 is 5.11 Å². The van der Waals surface area contributed by atoms with Crippen molar-refractivity contribution in [2.75, 3.05) is 0 Å². The first-order chi connectivity index (χ1) is 8.20. The zero-order valence-corrected chi connectivity index (χ0v) is 11.1. The van der Waals surface area contributed by atoms with Gasteiger partial charge in [-0.2, -0.15) is 0 Å². The summed E-state index contributed by atoms with van der Waals surface area (Å²) in [6, 6.07) is 12.3. The topological polar surface area (TPSA) is 20.2 Å². The van der Waals surface area contributed by atoms with Crippen molar-refractivity contribution in [2.24, 2.45) is 0 Å². The lowest BCUT2D eigenvalue weighted by Gasteiger charge is -2.09. The zero-order valence-electron chi connectivity index (χ0n) is 10.3. The Hall–Kier alpha value is -1.12. The summed E-state index contributed by atoms with van der Waals surface area (Å²) in [5.41, 5.74) is 2.32. The molecule has 2 heteroatoms. The van der Waals surface area contributed by atoms with E-state index >= 15 is 0 Å². The van der Waals surface area contributed by atoms with Crippen molar-refractivity contribution in [3.8, 4) is 0 Å². The Kier molecular flexibility index (Phi) is 3.97. The van der Waals surface area contributed by atoms with Gasteiger partial charge in [0, 0.05) is 9.75 Å². The molecule has 1 aromatic heterocycles. The third kappa shape index (κ3) is 2.96. The maximum atomic E-state index is 10.2. The number of rotatable bonds is 4. The van der Waals surface area contributed by atoms with Crippen LogP contribution in [0.5, 0.6) is 0 Å². The van der Waals surface area contributed by atoms with Crippen LogP contribution in [-0.4, -0.2) is 5.11 Å². The highest BCUT2D eigenvalue weighted by Gasteiger charge is 2.11. The van der Waals surface area contributed by atoms with Gasteiger partial charge in [0.1, 0.15) is 6.10 Å². The average molecular weight is 246 g/mol. The predicted octanol–water partition coefficient (Wildman–Crippen LogP) is 4.09. The summed E-state index contributed by atoms with van der Waals surface area (Å²) < 4.78 is 0. The van der Waals surface area contributed by atoms with E-state index in [0.717, 1.165) is 23.3 Å². The normalized spacial score (nSPS) is 12.6. The summed E-state index contributed by atoms with van der Waals surface area (Å²) in [7, 11) is 0. The van der Waals surface area contributed by atoms with Crippen LogP contribution in [0.25, 0.3) is 0 Å². The van der Waals surface area contributed by atoms with Crippen LogP contribution < -0.4 is 0 Å². The van der Waals surface area contributed by atoms with Crippen LogP contribution in [-0.2, 0) is 6.42 Å². The van der Waals surface area contributed by atoms with E-state index in [9.17, 15) is 5.11 Å². The number of hydrogen-bond donors (Lipinski definition) is 1. The molecule has 90 valence electrons. The SMILES string of the molecule is CCCc1ccc([C@@H](O)c2ccc(C)s2)cc1. The summed E-state index contributed by atoms with van der Waals surface area (Å²) in [5.74, 6) is 0. The van der Waals surface area contributed by atoms with Gasteiger partial charge in [-0.3, -0.25) is 0 Å². The number of aliphatic hydroxyl groups excluding tert-OH is 1. The molecule has 2 rings (SSSR count). The van der Waals surface area contributed by atoms with E-state index in [1.165, 1.54) is 10.4 Å². The molecule has 1 atom stereocenters. The van der Waals surface area contributed by atoms with E-state index in [1.807, 2.05) is 18.2 Å². The number of aryl methyl sites for hydroxylation is 2. The number of hydrogen-bond acceptors (Lipinski definition) is 2. The van der Waals surface area contributed by atoms with Crippen LogP contribution in [0, 0.1) is 6.92 Å². The fourth-order valence-corrected chi connectivity index (χ4v) is 2.81. The molecule has 0 spiro atoms. The van der Waals surface area contributed by atoms with Crippen molar-refractivity contribution in [1.82, 2.24) is 0 Å². The smallest absolute Gasteiger partial charge is 0.113 e. The molecule has 0 saturated carbocycles. The Morgan fingerprint density at radius 1 is 1.12 bits per heavy atom.